The lowest BCUT2D eigenvalue weighted by Gasteiger charge is -2.25. The molecular weight excluding hydrogens is 1090 g/mol. The number of quaternary nitrogens is 1. The van der Waals surface area contributed by atoms with Crippen LogP contribution in [0.2, 0.25) is 0 Å². The summed E-state index contributed by atoms with van der Waals surface area (Å²) >= 11 is 0. The molecule has 1 amide bonds. The number of hydrogen-bond acceptors (Lipinski definition) is 5. The Balaban J connectivity index is 3.97. The number of phosphoric ester groups is 1. The highest BCUT2D eigenvalue weighted by atomic mass is 31.2. The van der Waals surface area contributed by atoms with Crippen molar-refractivity contribution in [2.24, 2.45) is 0 Å². The molecule has 0 aromatic rings. The van der Waals surface area contributed by atoms with E-state index >= 15 is 0 Å². The van der Waals surface area contributed by atoms with Gasteiger partial charge in [-0.15, -0.1) is 0 Å². The summed E-state index contributed by atoms with van der Waals surface area (Å²) in [6, 6.07) is -0.863. The smallest absolute Gasteiger partial charge is 0.387 e. The van der Waals surface area contributed by atoms with Gasteiger partial charge in [0.1, 0.15) is 13.2 Å². The number of allylic oxidation sites excluding steroid dienone is 5. The maximum Gasteiger partial charge on any atom is 0.472 e. The van der Waals surface area contributed by atoms with E-state index in [0.29, 0.717) is 17.4 Å². The van der Waals surface area contributed by atoms with Gasteiger partial charge in [-0.05, 0) is 57.8 Å². The Labute approximate surface area is 544 Å². The highest BCUT2D eigenvalue weighted by molar-refractivity contribution is 7.47. The largest absolute Gasteiger partial charge is 0.472 e. The minimum atomic E-state index is -4.36. The second-order valence-electron chi connectivity index (χ2n) is 28.1. The molecule has 0 aromatic heterocycles. The van der Waals surface area contributed by atoms with Crippen LogP contribution in [0.5, 0.6) is 0 Å². The molecule has 0 rings (SSSR count). The Morgan fingerprint density at radius 3 is 0.920 bits per heavy atom. The Morgan fingerprint density at radius 1 is 0.379 bits per heavy atom. The first-order valence-corrected chi connectivity index (χ1v) is 40.4. The Kier molecular flexibility index (Phi) is 68.1. The van der Waals surface area contributed by atoms with Crippen LogP contribution in [0.15, 0.2) is 36.5 Å². The molecule has 0 aliphatic rings. The number of nitrogens with zero attached hydrogens (tertiary/aromatic N) is 1. The number of nitrogens with one attached hydrogen (secondary N) is 1. The van der Waals surface area contributed by atoms with E-state index in [9.17, 15) is 19.4 Å². The lowest BCUT2D eigenvalue weighted by atomic mass is 10.0. The maximum absolute atomic E-state index is 13.1. The number of likely N-dealkylation sites (N-methyl/N-ethyl adjacent to an activating group) is 1. The van der Waals surface area contributed by atoms with Crippen molar-refractivity contribution < 1.29 is 32.9 Å². The second kappa shape index (κ2) is 69.1. The van der Waals surface area contributed by atoms with Gasteiger partial charge in [0.2, 0.25) is 5.91 Å². The third kappa shape index (κ3) is 72.0. The number of unbranched alkanes of at least 4 members (excludes halogenated alkanes) is 56. The van der Waals surface area contributed by atoms with Crippen molar-refractivity contribution in [2.45, 2.75) is 418 Å². The normalized spacial score (nSPS) is 13.7. The summed E-state index contributed by atoms with van der Waals surface area (Å²) in [6.45, 7) is 4.86. The molecule has 8 nitrogen and oxygen atoms in total. The summed E-state index contributed by atoms with van der Waals surface area (Å²) < 4.78 is 23.8. The molecule has 0 bridgehead atoms. The van der Waals surface area contributed by atoms with Crippen LogP contribution in [0.25, 0.3) is 0 Å². The molecule has 3 N–H and O–H groups in total. The van der Waals surface area contributed by atoms with E-state index in [1.807, 2.05) is 27.2 Å². The van der Waals surface area contributed by atoms with Crippen molar-refractivity contribution in [3.63, 3.8) is 0 Å². The topological polar surface area (TPSA) is 105 Å². The van der Waals surface area contributed by atoms with Gasteiger partial charge >= 0.3 is 7.82 Å². The van der Waals surface area contributed by atoms with Crippen LogP contribution in [0, 0.1) is 0 Å². The van der Waals surface area contributed by atoms with Crippen LogP contribution in [0.4, 0.5) is 0 Å². The third-order valence-electron chi connectivity index (χ3n) is 18.1. The predicted molar refractivity (Wildman–Crippen MR) is 383 cm³/mol. The lowest BCUT2D eigenvalue weighted by molar-refractivity contribution is -0.870. The quantitative estimate of drug-likeness (QED) is 0.0243. The second-order valence-corrected chi connectivity index (χ2v) is 29.5. The van der Waals surface area contributed by atoms with Crippen molar-refractivity contribution in [1.82, 2.24) is 5.32 Å². The molecule has 9 heteroatoms. The number of rotatable bonds is 73. The van der Waals surface area contributed by atoms with Crippen LogP contribution in [0.3, 0.4) is 0 Å². The van der Waals surface area contributed by atoms with Crippen LogP contribution >= 0.6 is 7.82 Å². The molecule has 516 valence electrons. The van der Waals surface area contributed by atoms with E-state index in [1.165, 1.54) is 347 Å². The number of hydrogen-bond donors (Lipinski definition) is 3. The van der Waals surface area contributed by atoms with E-state index in [1.54, 1.807) is 6.08 Å². The first kappa shape index (κ1) is 85.7. The molecule has 87 heavy (non-hydrogen) atoms. The van der Waals surface area contributed by atoms with Gasteiger partial charge in [0.25, 0.3) is 0 Å². The minimum Gasteiger partial charge on any atom is -0.387 e. The Hall–Kier alpha value is -1.28. The minimum absolute atomic E-state index is 0.0585. The van der Waals surface area contributed by atoms with Crippen molar-refractivity contribution in [3.05, 3.63) is 36.5 Å². The molecule has 0 aliphatic carbocycles. The van der Waals surface area contributed by atoms with E-state index in [2.05, 4.69) is 43.5 Å². The van der Waals surface area contributed by atoms with Crippen LogP contribution in [0.1, 0.15) is 406 Å². The molecule has 0 saturated carbocycles. The lowest BCUT2D eigenvalue weighted by Crippen LogP contribution is -2.45. The van der Waals surface area contributed by atoms with Crippen molar-refractivity contribution >= 4 is 13.7 Å². The summed E-state index contributed by atoms with van der Waals surface area (Å²) in [5.74, 6) is -0.178. The number of phosphoric acid groups is 1. The number of carbonyl (C=O) groups excluding carboxylic acids is 1. The van der Waals surface area contributed by atoms with Gasteiger partial charge in [-0.3, -0.25) is 13.8 Å². The average molecular weight is 1250 g/mol. The van der Waals surface area contributed by atoms with Gasteiger partial charge < -0.3 is 19.8 Å². The fourth-order valence-electron chi connectivity index (χ4n) is 12.1. The molecular formula is C78H154N2O6P+. The molecule has 0 aromatic carbocycles. The molecule has 0 fully saturated rings. The molecule has 3 unspecified atom stereocenters. The monoisotopic (exact) mass is 1250 g/mol. The van der Waals surface area contributed by atoms with Crippen molar-refractivity contribution in [1.29, 1.82) is 0 Å². The van der Waals surface area contributed by atoms with Crippen LogP contribution in [-0.2, 0) is 18.4 Å². The summed E-state index contributed by atoms with van der Waals surface area (Å²) in [7, 11) is 1.57. The standard InChI is InChI=1S/C78H153N2O6P/c1-6-8-10-12-14-16-18-20-22-24-26-28-30-32-34-36-37-38-39-40-41-42-43-44-46-48-50-52-54-56-58-60-62-64-66-68-70-72-78(82)79-76(75-86-87(83,84)85-74-73-80(3,4)5)77(81)71-69-67-65-63-61-59-57-55-53-51-49-47-45-35-33-31-29-27-25-23-21-19-17-15-13-11-9-7-2/h24,26,61,63,69,71,76-77,81H,6-23,25,27-60,62,64-68,70,72-75H2,1-5H3,(H-,79,82,83,84)/p+1/b26-24-,63-61+,71-69+. The molecule has 0 aliphatic heterocycles. The highest BCUT2D eigenvalue weighted by Gasteiger charge is 2.28. The van der Waals surface area contributed by atoms with Crippen LogP contribution < -0.4 is 5.32 Å². The summed E-state index contributed by atoms with van der Waals surface area (Å²) in [4.78, 5) is 23.5. The van der Waals surface area contributed by atoms with Crippen LogP contribution in [-0.4, -0.2) is 73.4 Å². The average Bonchev–Trinajstić information content (AvgIpc) is 3.70. The summed E-state index contributed by atoms with van der Waals surface area (Å²) in [5, 5.41) is 14.0. The zero-order valence-corrected chi connectivity index (χ0v) is 60.2. The first-order valence-electron chi connectivity index (χ1n) is 38.9. The van der Waals surface area contributed by atoms with Gasteiger partial charge in [-0.25, -0.2) is 4.57 Å². The zero-order chi connectivity index (χ0) is 63.4. The molecule has 0 heterocycles. The number of amides is 1. The fraction of sp³-hybridized carbons (Fsp3) is 0.910. The fourth-order valence-corrected chi connectivity index (χ4v) is 12.8. The van der Waals surface area contributed by atoms with E-state index < -0.39 is 20.0 Å². The highest BCUT2D eigenvalue weighted by Crippen LogP contribution is 2.43. The van der Waals surface area contributed by atoms with Gasteiger partial charge in [0.15, 0.2) is 0 Å². The third-order valence-corrected chi connectivity index (χ3v) is 19.1. The van der Waals surface area contributed by atoms with E-state index in [-0.39, 0.29) is 19.1 Å². The number of aliphatic hydroxyl groups is 1. The summed E-state index contributed by atoms with van der Waals surface area (Å²) in [5.41, 5.74) is 0. The Bertz CT molecular complexity index is 1510. The zero-order valence-electron chi connectivity index (χ0n) is 59.3. The van der Waals surface area contributed by atoms with Gasteiger partial charge in [0.05, 0.1) is 39.9 Å². The van der Waals surface area contributed by atoms with Gasteiger partial charge in [-0.2, -0.15) is 0 Å². The van der Waals surface area contributed by atoms with Gasteiger partial charge in [0, 0.05) is 6.42 Å². The maximum atomic E-state index is 13.1. The predicted octanol–water partition coefficient (Wildman–Crippen LogP) is 25.2. The SMILES string of the molecule is CCCCCCCCCC/C=C\CCCCCCCCCCCCCCCCCCCCCCCCCCCC(=O)NC(COP(=O)(O)OCC[N+](C)(C)C)C(O)/C=C/CC/C=C/CCCCCCCCCCCCCCCCCCCCCCCC. The Morgan fingerprint density at radius 2 is 0.632 bits per heavy atom. The first-order chi connectivity index (χ1) is 42.5. The van der Waals surface area contributed by atoms with E-state index in [0.717, 1.165) is 38.5 Å². The molecule has 0 radical (unpaired) electrons. The van der Waals surface area contributed by atoms with Crippen molar-refractivity contribution in [2.75, 3.05) is 40.9 Å². The number of aliphatic hydroxyl groups excluding tert-OH is 1. The molecule has 3 atom stereocenters. The van der Waals surface area contributed by atoms with Gasteiger partial charge in [-0.1, -0.05) is 378 Å². The molecule has 0 spiro atoms. The van der Waals surface area contributed by atoms with E-state index in [4.69, 9.17) is 9.05 Å². The summed E-state index contributed by atoms with van der Waals surface area (Å²) in [6.07, 6.45) is 93.4. The molecule has 0 saturated heterocycles. The van der Waals surface area contributed by atoms with Crippen molar-refractivity contribution in [3.8, 4) is 0 Å². The number of carbonyl (C=O) groups is 1.